The molecule has 1 aromatic carbocycles. The van der Waals surface area contributed by atoms with E-state index in [-0.39, 0.29) is 17.7 Å². The molecule has 0 spiro atoms. The molecular weight excluding hydrogens is 388 g/mol. The number of piperidine rings is 1. The number of para-hydroxylation sites is 1. The first kappa shape index (κ1) is 19.3. The van der Waals surface area contributed by atoms with E-state index in [9.17, 15) is 9.59 Å². The second-order valence-corrected chi connectivity index (χ2v) is 8.04. The highest BCUT2D eigenvalue weighted by molar-refractivity contribution is 7.13. The van der Waals surface area contributed by atoms with Crippen LogP contribution in [0.2, 0.25) is 0 Å². The average Bonchev–Trinajstić information content (AvgIpc) is 3.41. The van der Waals surface area contributed by atoms with E-state index in [1.165, 1.54) is 0 Å². The third kappa shape index (κ3) is 4.54. The Labute approximate surface area is 172 Å². The Kier molecular flexibility index (Phi) is 5.71. The molecule has 2 aromatic heterocycles. The van der Waals surface area contributed by atoms with Crippen molar-refractivity contribution in [2.75, 3.05) is 18.4 Å². The minimum absolute atomic E-state index is 0.00884. The summed E-state index contributed by atoms with van der Waals surface area (Å²) in [6, 6.07) is 11.5. The summed E-state index contributed by atoms with van der Waals surface area (Å²) in [7, 11) is 0. The number of aromatic nitrogens is 2. The summed E-state index contributed by atoms with van der Waals surface area (Å²) in [6.07, 6.45) is 1.81. The minimum atomic E-state index is -0.0903. The molecule has 7 nitrogen and oxygen atoms in total. The fourth-order valence-corrected chi connectivity index (χ4v) is 4.13. The molecule has 2 amide bonds. The van der Waals surface area contributed by atoms with Gasteiger partial charge in [-0.05, 0) is 35.9 Å². The molecule has 1 saturated heterocycles. The van der Waals surface area contributed by atoms with Crippen LogP contribution in [-0.2, 0) is 16.0 Å². The van der Waals surface area contributed by atoms with Crippen molar-refractivity contribution >= 4 is 28.8 Å². The summed E-state index contributed by atoms with van der Waals surface area (Å²) in [5.41, 5.74) is 1.67. The maximum absolute atomic E-state index is 12.7. The fourth-order valence-electron chi connectivity index (χ4n) is 3.48. The van der Waals surface area contributed by atoms with Crippen LogP contribution in [0.3, 0.4) is 0 Å². The SMILES string of the molecule is CC(=O)N1CCC(C(=O)Nc2ccccc2Cc2nc(-c3cccs3)no2)CC1. The minimum Gasteiger partial charge on any atom is -0.343 e. The van der Waals surface area contributed by atoms with E-state index < -0.39 is 0 Å². The predicted molar refractivity (Wildman–Crippen MR) is 110 cm³/mol. The number of carbonyl (C=O) groups excluding carboxylic acids is 2. The molecule has 29 heavy (non-hydrogen) atoms. The number of thiophene rings is 1. The summed E-state index contributed by atoms with van der Waals surface area (Å²) >= 11 is 1.56. The molecule has 0 unspecified atom stereocenters. The van der Waals surface area contributed by atoms with Crippen LogP contribution in [0.5, 0.6) is 0 Å². The fraction of sp³-hybridized carbons (Fsp3) is 0.333. The number of hydrogen-bond donors (Lipinski definition) is 1. The number of likely N-dealkylation sites (tertiary alicyclic amines) is 1. The van der Waals surface area contributed by atoms with Gasteiger partial charge in [0, 0.05) is 31.6 Å². The van der Waals surface area contributed by atoms with Gasteiger partial charge in [-0.25, -0.2) is 0 Å². The van der Waals surface area contributed by atoms with Crippen molar-refractivity contribution in [2.24, 2.45) is 5.92 Å². The summed E-state index contributed by atoms with van der Waals surface area (Å²) < 4.78 is 5.40. The molecule has 3 heterocycles. The van der Waals surface area contributed by atoms with Crippen molar-refractivity contribution in [3.05, 3.63) is 53.2 Å². The van der Waals surface area contributed by atoms with Gasteiger partial charge in [0.15, 0.2) is 0 Å². The van der Waals surface area contributed by atoms with E-state index in [2.05, 4.69) is 15.5 Å². The van der Waals surface area contributed by atoms with E-state index in [1.807, 2.05) is 41.8 Å². The number of anilines is 1. The van der Waals surface area contributed by atoms with Crippen LogP contribution in [0.25, 0.3) is 10.7 Å². The normalized spacial score (nSPS) is 14.7. The van der Waals surface area contributed by atoms with Crippen molar-refractivity contribution in [1.29, 1.82) is 0 Å². The molecule has 4 rings (SSSR count). The number of rotatable bonds is 5. The maximum Gasteiger partial charge on any atom is 0.231 e. The highest BCUT2D eigenvalue weighted by Crippen LogP contribution is 2.25. The number of hydrogen-bond acceptors (Lipinski definition) is 6. The van der Waals surface area contributed by atoms with Crippen LogP contribution >= 0.6 is 11.3 Å². The van der Waals surface area contributed by atoms with Gasteiger partial charge >= 0.3 is 0 Å². The third-order valence-corrected chi connectivity index (χ3v) is 6.00. The van der Waals surface area contributed by atoms with Gasteiger partial charge in [-0.3, -0.25) is 9.59 Å². The molecule has 0 saturated carbocycles. The molecule has 1 aliphatic heterocycles. The van der Waals surface area contributed by atoms with Gasteiger partial charge in [-0.2, -0.15) is 4.98 Å². The maximum atomic E-state index is 12.7. The van der Waals surface area contributed by atoms with E-state index in [1.54, 1.807) is 23.2 Å². The van der Waals surface area contributed by atoms with Crippen LogP contribution in [0.4, 0.5) is 5.69 Å². The zero-order valence-corrected chi connectivity index (χ0v) is 16.9. The van der Waals surface area contributed by atoms with E-state index in [0.29, 0.717) is 44.1 Å². The van der Waals surface area contributed by atoms with Gasteiger partial charge < -0.3 is 14.7 Å². The number of benzene rings is 1. The van der Waals surface area contributed by atoms with E-state index >= 15 is 0 Å². The molecule has 8 heteroatoms. The lowest BCUT2D eigenvalue weighted by atomic mass is 9.95. The van der Waals surface area contributed by atoms with Crippen molar-refractivity contribution in [2.45, 2.75) is 26.2 Å². The molecule has 0 aliphatic carbocycles. The first-order chi connectivity index (χ1) is 14.1. The molecule has 150 valence electrons. The Hall–Kier alpha value is -3.00. The Bertz CT molecular complexity index is 991. The standard InChI is InChI=1S/C21H22N4O3S/c1-14(26)25-10-8-15(9-11-25)21(27)22-17-6-3-2-5-16(17)13-19-23-20(24-28-19)18-7-4-12-29-18/h2-7,12,15H,8-11,13H2,1H3,(H,22,27). The third-order valence-electron chi connectivity index (χ3n) is 5.14. The van der Waals surface area contributed by atoms with Crippen LogP contribution in [0.15, 0.2) is 46.3 Å². The Balaban J connectivity index is 1.42. The van der Waals surface area contributed by atoms with Crippen LogP contribution in [-0.4, -0.2) is 39.9 Å². The number of amides is 2. The van der Waals surface area contributed by atoms with Gasteiger partial charge in [0.1, 0.15) is 0 Å². The predicted octanol–water partition coefficient (Wildman–Crippen LogP) is 3.59. The quantitative estimate of drug-likeness (QED) is 0.694. The van der Waals surface area contributed by atoms with Gasteiger partial charge in [-0.15, -0.1) is 11.3 Å². The van der Waals surface area contributed by atoms with Gasteiger partial charge in [-0.1, -0.05) is 29.4 Å². The van der Waals surface area contributed by atoms with Crippen molar-refractivity contribution < 1.29 is 14.1 Å². The van der Waals surface area contributed by atoms with Crippen LogP contribution in [0, 0.1) is 5.92 Å². The zero-order chi connectivity index (χ0) is 20.2. The molecule has 1 aliphatic rings. The van der Waals surface area contributed by atoms with Crippen LogP contribution in [0.1, 0.15) is 31.2 Å². The highest BCUT2D eigenvalue weighted by atomic mass is 32.1. The molecule has 0 atom stereocenters. The van der Waals surface area contributed by atoms with E-state index in [0.717, 1.165) is 16.1 Å². The van der Waals surface area contributed by atoms with Gasteiger partial charge in [0.2, 0.25) is 23.5 Å². The Morgan fingerprint density at radius 1 is 1.21 bits per heavy atom. The van der Waals surface area contributed by atoms with Crippen molar-refractivity contribution in [3.63, 3.8) is 0 Å². The number of nitrogens with zero attached hydrogens (tertiary/aromatic N) is 3. The first-order valence-corrected chi connectivity index (χ1v) is 10.5. The van der Waals surface area contributed by atoms with Gasteiger partial charge in [0.25, 0.3) is 0 Å². The largest absolute Gasteiger partial charge is 0.343 e. The molecule has 1 fully saturated rings. The molecular formula is C21H22N4O3S. The number of carbonyl (C=O) groups is 2. The zero-order valence-electron chi connectivity index (χ0n) is 16.1. The van der Waals surface area contributed by atoms with Gasteiger partial charge in [0.05, 0.1) is 11.3 Å². The van der Waals surface area contributed by atoms with Crippen molar-refractivity contribution in [3.8, 4) is 10.7 Å². The lowest BCUT2D eigenvalue weighted by molar-refractivity contribution is -0.132. The lowest BCUT2D eigenvalue weighted by Gasteiger charge is -2.30. The van der Waals surface area contributed by atoms with E-state index in [4.69, 9.17) is 4.52 Å². The summed E-state index contributed by atoms with van der Waals surface area (Å²) in [6.45, 7) is 2.82. The summed E-state index contributed by atoms with van der Waals surface area (Å²) in [4.78, 5) is 31.4. The second-order valence-electron chi connectivity index (χ2n) is 7.09. The summed E-state index contributed by atoms with van der Waals surface area (Å²) in [5, 5.41) is 9.06. The highest BCUT2D eigenvalue weighted by Gasteiger charge is 2.26. The molecule has 1 N–H and O–H groups in total. The molecule has 0 bridgehead atoms. The number of nitrogens with one attached hydrogen (secondary N) is 1. The Morgan fingerprint density at radius 2 is 2.00 bits per heavy atom. The average molecular weight is 410 g/mol. The monoisotopic (exact) mass is 410 g/mol. The molecule has 0 radical (unpaired) electrons. The Morgan fingerprint density at radius 3 is 2.72 bits per heavy atom. The van der Waals surface area contributed by atoms with Crippen molar-refractivity contribution in [1.82, 2.24) is 15.0 Å². The second kappa shape index (κ2) is 8.57. The molecule has 3 aromatic rings. The topological polar surface area (TPSA) is 88.3 Å². The first-order valence-electron chi connectivity index (χ1n) is 9.61. The lowest BCUT2D eigenvalue weighted by Crippen LogP contribution is -2.40. The smallest absolute Gasteiger partial charge is 0.231 e. The summed E-state index contributed by atoms with van der Waals surface area (Å²) in [5.74, 6) is 1.05. The van der Waals surface area contributed by atoms with Crippen LogP contribution < -0.4 is 5.32 Å².